The summed E-state index contributed by atoms with van der Waals surface area (Å²) in [4.78, 5) is 4.51. The van der Waals surface area contributed by atoms with Gasteiger partial charge in [0.2, 0.25) is 5.89 Å². The van der Waals surface area contributed by atoms with Gasteiger partial charge in [0, 0.05) is 12.5 Å². The van der Waals surface area contributed by atoms with Gasteiger partial charge in [0.1, 0.15) is 0 Å². The van der Waals surface area contributed by atoms with E-state index in [4.69, 9.17) is 4.52 Å². The van der Waals surface area contributed by atoms with Crippen molar-refractivity contribution in [3.8, 4) is 0 Å². The molecule has 1 fully saturated rings. The quantitative estimate of drug-likeness (QED) is 0.834. The van der Waals surface area contributed by atoms with E-state index in [-0.39, 0.29) is 5.41 Å². The average Bonchev–Trinajstić information content (AvgIpc) is 2.71. The third kappa shape index (κ3) is 2.61. The van der Waals surface area contributed by atoms with Crippen LogP contribution in [0.3, 0.4) is 0 Å². The highest BCUT2D eigenvalue weighted by Crippen LogP contribution is 2.27. The fourth-order valence-corrected chi connectivity index (χ4v) is 2.16. The van der Waals surface area contributed by atoms with Crippen LogP contribution in [0.25, 0.3) is 0 Å². The summed E-state index contributed by atoms with van der Waals surface area (Å²) >= 11 is 0. The first kappa shape index (κ1) is 11.6. The lowest BCUT2D eigenvalue weighted by atomic mass is 9.92. The normalized spacial score (nSPS) is 26.2. The van der Waals surface area contributed by atoms with Crippen LogP contribution >= 0.6 is 0 Å². The zero-order valence-electron chi connectivity index (χ0n) is 10.6. The molecule has 90 valence electrons. The van der Waals surface area contributed by atoms with Gasteiger partial charge in [0.15, 0.2) is 5.82 Å². The van der Waals surface area contributed by atoms with Gasteiger partial charge >= 0.3 is 0 Å². The van der Waals surface area contributed by atoms with Crippen LogP contribution in [-0.4, -0.2) is 22.7 Å². The summed E-state index contributed by atoms with van der Waals surface area (Å²) < 4.78 is 5.36. The van der Waals surface area contributed by atoms with Gasteiger partial charge in [-0.3, -0.25) is 0 Å². The van der Waals surface area contributed by atoms with Crippen molar-refractivity contribution in [3.63, 3.8) is 0 Å². The first-order valence-corrected chi connectivity index (χ1v) is 6.01. The Bertz CT molecular complexity index is 353. The molecule has 1 aliphatic heterocycles. The number of aromatic nitrogens is 2. The summed E-state index contributed by atoms with van der Waals surface area (Å²) in [5.41, 5.74) is 0.209. The van der Waals surface area contributed by atoms with Crippen molar-refractivity contribution in [1.82, 2.24) is 15.5 Å². The fourth-order valence-electron chi connectivity index (χ4n) is 2.16. The Hall–Kier alpha value is -0.900. The van der Waals surface area contributed by atoms with Crippen LogP contribution in [0.5, 0.6) is 0 Å². The Morgan fingerprint density at radius 3 is 2.75 bits per heavy atom. The zero-order valence-corrected chi connectivity index (χ0v) is 10.6. The summed E-state index contributed by atoms with van der Waals surface area (Å²) in [6.07, 6.45) is 1.96. The lowest BCUT2D eigenvalue weighted by molar-refractivity contribution is 0.333. The number of hydrogen-bond acceptors (Lipinski definition) is 4. The molecule has 16 heavy (non-hydrogen) atoms. The lowest BCUT2D eigenvalue weighted by Gasteiger charge is -2.14. The highest BCUT2D eigenvalue weighted by Gasteiger charge is 2.29. The van der Waals surface area contributed by atoms with Crippen molar-refractivity contribution in [2.45, 2.75) is 52.5 Å². The largest absolute Gasteiger partial charge is 0.339 e. The molecule has 0 bridgehead atoms. The van der Waals surface area contributed by atoms with Gasteiger partial charge in [-0.1, -0.05) is 25.9 Å². The van der Waals surface area contributed by atoms with Crippen molar-refractivity contribution in [2.24, 2.45) is 5.41 Å². The summed E-state index contributed by atoms with van der Waals surface area (Å²) in [6.45, 7) is 9.77. The molecule has 4 heteroatoms. The van der Waals surface area contributed by atoms with Gasteiger partial charge in [-0.05, 0) is 25.3 Å². The number of hydrogen-bond donors (Lipinski definition) is 1. The van der Waals surface area contributed by atoms with Crippen LogP contribution in [-0.2, 0) is 6.42 Å². The molecule has 4 nitrogen and oxygen atoms in total. The second-order valence-electron chi connectivity index (χ2n) is 5.92. The SMILES string of the molecule is CC1NCCC1c1nc(CC(C)(C)C)no1. The molecule has 2 heterocycles. The molecule has 0 saturated carbocycles. The third-order valence-corrected chi connectivity index (χ3v) is 3.01. The highest BCUT2D eigenvalue weighted by molar-refractivity contribution is 5.02. The number of nitrogens with one attached hydrogen (secondary N) is 1. The molecule has 1 saturated heterocycles. The fraction of sp³-hybridized carbons (Fsp3) is 0.833. The van der Waals surface area contributed by atoms with E-state index in [2.05, 4.69) is 43.2 Å². The maximum absolute atomic E-state index is 5.36. The molecule has 2 unspecified atom stereocenters. The number of nitrogens with zero attached hydrogens (tertiary/aromatic N) is 2. The van der Waals surface area contributed by atoms with Gasteiger partial charge in [-0.25, -0.2) is 0 Å². The third-order valence-electron chi connectivity index (χ3n) is 3.01. The Morgan fingerprint density at radius 1 is 1.44 bits per heavy atom. The molecule has 0 aliphatic carbocycles. The smallest absolute Gasteiger partial charge is 0.231 e. The van der Waals surface area contributed by atoms with E-state index in [0.29, 0.717) is 12.0 Å². The molecular weight excluding hydrogens is 202 g/mol. The van der Waals surface area contributed by atoms with E-state index in [1.165, 1.54) is 0 Å². The van der Waals surface area contributed by atoms with Gasteiger partial charge < -0.3 is 9.84 Å². The molecule has 0 radical (unpaired) electrons. The first-order chi connectivity index (χ1) is 7.46. The second-order valence-corrected chi connectivity index (χ2v) is 5.92. The molecule has 2 atom stereocenters. The Balaban J connectivity index is 2.07. The monoisotopic (exact) mass is 223 g/mol. The van der Waals surface area contributed by atoms with Crippen LogP contribution < -0.4 is 5.32 Å². The molecule has 0 amide bonds. The van der Waals surface area contributed by atoms with E-state index >= 15 is 0 Å². The van der Waals surface area contributed by atoms with Crippen LogP contribution in [0.4, 0.5) is 0 Å². The van der Waals surface area contributed by atoms with E-state index in [1.807, 2.05) is 0 Å². The van der Waals surface area contributed by atoms with Gasteiger partial charge in [-0.15, -0.1) is 0 Å². The lowest BCUT2D eigenvalue weighted by Crippen LogP contribution is -2.21. The van der Waals surface area contributed by atoms with Crippen molar-refractivity contribution >= 4 is 0 Å². The van der Waals surface area contributed by atoms with Crippen molar-refractivity contribution < 1.29 is 4.52 Å². The minimum atomic E-state index is 0.209. The number of rotatable bonds is 2. The van der Waals surface area contributed by atoms with Crippen LogP contribution in [0.15, 0.2) is 4.52 Å². The first-order valence-electron chi connectivity index (χ1n) is 6.01. The van der Waals surface area contributed by atoms with Gasteiger partial charge in [0.05, 0.1) is 5.92 Å². The summed E-state index contributed by atoms with van der Waals surface area (Å²) in [5.74, 6) is 2.03. The van der Waals surface area contributed by atoms with E-state index in [1.54, 1.807) is 0 Å². The molecule has 1 aromatic rings. The van der Waals surface area contributed by atoms with E-state index < -0.39 is 0 Å². The predicted octanol–water partition coefficient (Wildman–Crippen LogP) is 2.12. The standard InChI is InChI=1S/C12H21N3O/c1-8-9(5-6-13-8)11-14-10(15-16-11)7-12(2,3)4/h8-9,13H,5-7H2,1-4H3. The summed E-state index contributed by atoms with van der Waals surface area (Å²) in [7, 11) is 0. The maximum Gasteiger partial charge on any atom is 0.231 e. The summed E-state index contributed by atoms with van der Waals surface area (Å²) in [5, 5.41) is 7.46. The van der Waals surface area contributed by atoms with E-state index in [0.717, 1.165) is 31.1 Å². The van der Waals surface area contributed by atoms with Crippen LogP contribution in [0.2, 0.25) is 0 Å². The predicted molar refractivity (Wildman–Crippen MR) is 62.3 cm³/mol. The van der Waals surface area contributed by atoms with E-state index in [9.17, 15) is 0 Å². The molecule has 1 aliphatic rings. The average molecular weight is 223 g/mol. The molecule has 1 N–H and O–H groups in total. The second kappa shape index (κ2) is 4.17. The van der Waals surface area contributed by atoms with Gasteiger partial charge in [-0.2, -0.15) is 4.98 Å². The highest BCUT2D eigenvalue weighted by atomic mass is 16.5. The molecule has 0 aromatic carbocycles. The molecule has 1 aromatic heterocycles. The maximum atomic E-state index is 5.36. The topological polar surface area (TPSA) is 51.0 Å². The molecule has 0 spiro atoms. The van der Waals surface area contributed by atoms with Crippen molar-refractivity contribution in [1.29, 1.82) is 0 Å². The minimum absolute atomic E-state index is 0.209. The van der Waals surface area contributed by atoms with Crippen LogP contribution in [0.1, 0.15) is 51.7 Å². The molecule has 2 rings (SSSR count). The van der Waals surface area contributed by atoms with Gasteiger partial charge in [0.25, 0.3) is 0 Å². The Kier molecular flexibility index (Phi) is 3.02. The zero-order chi connectivity index (χ0) is 11.8. The summed E-state index contributed by atoms with van der Waals surface area (Å²) in [6, 6.07) is 0.447. The molecular formula is C12H21N3O. The Morgan fingerprint density at radius 2 is 2.19 bits per heavy atom. The van der Waals surface area contributed by atoms with Crippen LogP contribution in [0, 0.1) is 5.41 Å². The Labute approximate surface area is 96.8 Å². The minimum Gasteiger partial charge on any atom is -0.339 e. The van der Waals surface area contributed by atoms with Crippen molar-refractivity contribution in [3.05, 3.63) is 11.7 Å². The van der Waals surface area contributed by atoms with Crippen molar-refractivity contribution in [2.75, 3.05) is 6.54 Å².